The molecular formula is C9H11N3O. The van der Waals surface area contributed by atoms with Crippen LogP contribution in [0.5, 0.6) is 0 Å². The van der Waals surface area contributed by atoms with E-state index in [-0.39, 0.29) is 11.9 Å². The van der Waals surface area contributed by atoms with Crippen LogP contribution in [-0.4, -0.2) is 11.3 Å². The van der Waals surface area contributed by atoms with Gasteiger partial charge in [0.05, 0.1) is 5.56 Å². The van der Waals surface area contributed by atoms with Gasteiger partial charge in [-0.1, -0.05) is 6.08 Å². The van der Waals surface area contributed by atoms with Gasteiger partial charge < -0.3 is 11.5 Å². The van der Waals surface area contributed by atoms with Gasteiger partial charge >= 0.3 is 0 Å². The summed E-state index contributed by atoms with van der Waals surface area (Å²) in [6.45, 7) is 3.54. The number of hydrogen-bond acceptors (Lipinski definition) is 4. The summed E-state index contributed by atoms with van der Waals surface area (Å²) in [7, 11) is 0. The van der Waals surface area contributed by atoms with Gasteiger partial charge in [-0.3, -0.25) is 4.79 Å². The highest BCUT2D eigenvalue weighted by Gasteiger charge is 2.05. The monoisotopic (exact) mass is 177 g/mol. The molecule has 4 nitrogen and oxygen atoms in total. The molecule has 1 atom stereocenters. The SMILES string of the molecule is C=CC(N)c1cnc(N)c(C=O)c1. The van der Waals surface area contributed by atoms with Crippen molar-refractivity contribution in [2.45, 2.75) is 6.04 Å². The summed E-state index contributed by atoms with van der Waals surface area (Å²) in [5.74, 6) is 0.218. The van der Waals surface area contributed by atoms with Crippen molar-refractivity contribution in [1.29, 1.82) is 0 Å². The van der Waals surface area contributed by atoms with Crippen LogP contribution in [0.2, 0.25) is 0 Å². The maximum absolute atomic E-state index is 10.5. The number of nitrogens with zero attached hydrogens (tertiary/aromatic N) is 1. The first kappa shape index (κ1) is 9.41. The summed E-state index contributed by atoms with van der Waals surface area (Å²) in [6.07, 6.45) is 3.76. The zero-order chi connectivity index (χ0) is 9.84. The lowest BCUT2D eigenvalue weighted by atomic mass is 10.1. The van der Waals surface area contributed by atoms with E-state index < -0.39 is 0 Å². The predicted molar refractivity (Wildman–Crippen MR) is 51.2 cm³/mol. The van der Waals surface area contributed by atoms with E-state index in [0.717, 1.165) is 5.56 Å². The molecule has 0 radical (unpaired) electrons. The van der Waals surface area contributed by atoms with Crippen molar-refractivity contribution in [3.63, 3.8) is 0 Å². The van der Waals surface area contributed by atoms with Crippen molar-refractivity contribution < 1.29 is 4.79 Å². The average Bonchev–Trinajstić information content (AvgIpc) is 2.17. The fourth-order valence-corrected chi connectivity index (χ4v) is 0.922. The van der Waals surface area contributed by atoms with Gasteiger partial charge in [0.15, 0.2) is 6.29 Å². The number of rotatable bonds is 3. The van der Waals surface area contributed by atoms with Crippen molar-refractivity contribution in [2.24, 2.45) is 5.73 Å². The molecule has 4 heteroatoms. The molecule has 1 aromatic rings. The lowest BCUT2D eigenvalue weighted by molar-refractivity contribution is 0.112. The molecule has 0 aliphatic rings. The van der Waals surface area contributed by atoms with Crippen molar-refractivity contribution >= 4 is 12.1 Å². The van der Waals surface area contributed by atoms with Crippen LogP contribution in [0.3, 0.4) is 0 Å². The number of nitrogen functional groups attached to an aromatic ring is 1. The number of aldehydes is 1. The summed E-state index contributed by atoms with van der Waals surface area (Å²) in [4.78, 5) is 14.3. The van der Waals surface area contributed by atoms with Gasteiger partial charge in [-0.2, -0.15) is 0 Å². The molecule has 1 heterocycles. The molecular weight excluding hydrogens is 166 g/mol. The van der Waals surface area contributed by atoms with Gasteiger partial charge in [0.2, 0.25) is 0 Å². The van der Waals surface area contributed by atoms with E-state index in [2.05, 4.69) is 11.6 Å². The van der Waals surface area contributed by atoms with E-state index in [1.807, 2.05) is 0 Å². The number of hydrogen-bond donors (Lipinski definition) is 2. The Morgan fingerprint density at radius 1 is 1.62 bits per heavy atom. The maximum Gasteiger partial charge on any atom is 0.153 e. The molecule has 0 saturated carbocycles. The highest BCUT2D eigenvalue weighted by Crippen LogP contribution is 2.14. The van der Waals surface area contributed by atoms with Gasteiger partial charge in [-0.25, -0.2) is 4.98 Å². The first-order chi connectivity index (χ1) is 6.19. The number of pyridine rings is 1. The quantitative estimate of drug-likeness (QED) is 0.525. The Labute approximate surface area is 76.3 Å². The molecule has 0 fully saturated rings. The maximum atomic E-state index is 10.5. The van der Waals surface area contributed by atoms with E-state index >= 15 is 0 Å². The normalized spacial score (nSPS) is 12.1. The van der Waals surface area contributed by atoms with Crippen LogP contribution in [0.1, 0.15) is 22.0 Å². The summed E-state index contributed by atoms with van der Waals surface area (Å²) < 4.78 is 0. The van der Waals surface area contributed by atoms with Crippen LogP contribution < -0.4 is 11.5 Å². The Morgan fingerprint density at radius 3 is 2.85 bits per heavy atom. The smallest absolute Gasteiger partial charge is 0.153 e. The van der Waals surface area contributed by atoms with Crippen molar-refractivity contribution in [3.05, 3.63) is 36.0 Å². The second-order valence-electron chi connectivity index (χ2n) is 2.62. The third kappa shape index (κ3) is 1.91. The third-order valence-corrected chi connectivity index (χ3v) is 1.74. The average molecular weight is 177 g/mol. The Balaban J connectivity index is 3.12. The topological polar surface area (TPSA) is 82.0 Å². The summed E-state index contributed by atoms with van der Waals surface area (Å²) >= 11 is 0. The number of aromatic nitrogens is 1. The van der Waals surface area contributed by atoms with E-state index in [0.29, 0.717) is 11.8 Å². The van der Waals surface area contributed by atoms with Crippen molar-refractivity contribution in [1.82, 2.24) is 4.98 Å². The molecule has 68 valence electrons. The first-order valence-corrected chi connectivity index (χ1v) is 3.77. The molecule has 4 N–H and O–H groups in total. The molecule has 0 amide bonds. The third-order valence-electron chi connectivity index (χ3n) is 1.74. The van der Waals surface area contributed by atoms with Crippen LogP contribution >= 0.6 is 0 Å². The summed E-state index contributed by atoms with van der Waals surface area (Å²) in [5, 5.41) is 0. The molecule has 0 aliphatic heterocycles. The Morgan fingerprint density at radius 2 is 2.31 bits per heavy atom. The van der Waals surface area contributed by atoms with E-state index in [1.165, 1.54) is 6.20 Å². The fraction of sp³-hybridized carbons (Fsp3) is 0.111. The van der Waals surface area contributed by atoms with Crippen LogP contribution in [0.25, 0.3) is 0 Å². The van der Waals surface area contributed by atoms with Gasteiger partial charge in [0, 0.05) is 12.2 Å². The Bertz CT molecular complexity index is 336. The van der Waals surface area contributed by atoms with E-state index in [4.69, 9.17) is 11.5 Å². The lowest BCUT2D eigenvalue weighted by Crippen LogP contribution is -2.08. The molecule has 1 rings (SSSR count). The van der Waals surface area contributed by atoms with Gasteiger partial charge in [-0.15, -0.1) is 6.58 Å². The van der Waals surface area contributed by atoms with Crippen molar-refractivity contribution in [2.75, 3.05) is 5.73 Å². The molecule has 0 saturated heterocycles. The molecule has 0 bridgehead atoms. The fourth-order valence-electron chi connectivity index (χ4n) is 0.922. The summed E-state index contributed by atoms with van der Waals surface area (Å²) in [5.41, 5.74) is 12.2. The van der Waals surface area contributed by atoms with Crippen LogP contribution in [0.15, 0.2) is 24.9 Å². The minimum Gasteiger partial charge on any atom is -0.383 e. The zero-order valence-electron chi connectivity index (χ0n) is 7.10. The minimum absolute atomic E-state index is 0.218. The molecule has 13 heavy (non-hydrogen) atoms. The molecule has 0 aliphatic carbocycles. The van der Waals surface area contributed by atoms with Gasteiger partial charge in [0.1, 0.15) is 5.82 Å². The van der Waals surface area contributed by atoms with Crippen LogP contribution in [-0.2, 0) is 0 Å². The highest BCUT2D eigenvalue weighted by atomic mass is 16.1. The standard InChI is InChI=1S/C9H11N3O/c1-2-8(10)6-3-7(5-13)9(11)12-4-6/h2-5,8H,1,10H2,(H2,11,12). The molecule has 1 unspecified atom stereocenters. The lowest BCUT2D eigenvalue weighted by Gasteiger charge is -2.06. The second kappa shape index (κ2) is 3.82. The minimum atomic E-state index is -0.313. The zero-order valence-corrected chi connectivity index (χ0v) is 7.10. The number of nitrogens with two attached hydrogens (primary N) is 2. The molecule has 1 aromatic heterocycles. The molecule has 0 aromatic carbocycles. The molecule has 0 spiro atoms. The van der Waals surface area contributed by atoms with Gasteiger partial charge in [-0.05, 0) is 11.6 Å². The Hall–Kier alpha value is -1.68. The number of anilines is 1. The Kier molecular flexibility index (Phi) is 2.76. The van der Waals surface area contributed by atoms with Crippen LogP contribution in [0.4, 0.5) is 5.82 Å². The van der Waals surface area contributed by atoms with Gasteiger partial charge in [0.25, 0.3) is 0 Å². The predicted octanol–water partition coefficient (Wildman–Crippen LogP) is 0.662. The van der Waals surface area contributed by atoms with Crippen LogP contribution in [0, 0.1) is 0 Å². The number of carbonyl (C=O) groups excluding carboxylic acids is 1. The second-order valence-corrected chi connectivity index (χ2v) is 2.62. The largest absolute Gasteiger partial charge is 0.383 e. The van der Waals surface area contributed by atoms with E-state index in [1.54, 1.807) is 12.1 Å². The summed E-state index contributed by atoms with van der Waals surface area (Å²) in [6, 6.07) is 1.30. The van der Waals surface area contributed by atoms with E-state index in [9.17, 15) is 4.79 Å². The highest BCUT2D eigenvalue weighted by molar-refractivity contribution is 5.81. The first-order valence-electron chi connectivity index (χ1n) is 3.77. The van der Waals surface area contributed by atoms with Crippen molar-refractivity contribution in [3.8, 4) is 0 Å². The number of carbonyl (C=O) groups is 1.